The van der Waals surface area contributed by atoms with Crippen molar-refractivity contribution >= 4 is 17.5 Å². The Morgan fingerprint density at radius 2 is 1.68 bits per heavy atom. The molecule has 2 aromatic rings. The van der Waals surface area contributed by atoms with E-state index in [-0.39, 0.29) is 18.2 Å². The number of para-hydroxylation sites is 1. The Labute approximate surface area is 129 Å². The summed E-state index contributed by atoms with van der Waals surface area (Å²) < 4.78 is 0. The Hall–Kier alpha value is -2.82. The summed E-state index contributed by atoms with van der Waals surface area (Å²) in [6.07, 6.45) is 0.132. The molecule has 0 bridgehead atoms. The summed E-state index contributed by atoms with van der Waals surface area (Å²) in [4.78, 5) is 24.2. The summed E-state index contributed by atoms with van der Waals surface area (Å²) in [5, 5.41) is 5.32. The molecule has 1 unspecified atom stereocenters. The zero-order valence-electron chi connectivity index (χ0n) is 12.4. The smallest absolute Gasteiger partial charge is 0.246 e. The molecule has 0 heterocycles. The third kappa shape index (κ3) is 3.85. The van der Waals surface area contributed by atoms with Crippen LogP contribution in [0.15, 0.2) is 54.6 Å². The van der Waals surface area contributed by atoms with Gasteiger partial charge in [-0.25, -0.2) is 0 Å². The molecular formula is C17H19N3O2. The van der Waals surface area contributed by atoms with Crippen LogP contribution < -0.4 is 16.4 Å². The average molecular weight is 297 g/mol. The van der Waals surface area contributed by atoms with Crippen LogP contribution in [0.5, 0.6) is 0 Å². The van der Waals surface area contributed by atoms with Crippen LogP contribution in [0, 0.1) is 0 Å². The number of carbonyl (C=O) groups is 2. The van der Waals surface area contributed by atoms with Gasteiger partial charge in [0.1, 0.15) is 6.04 Å². The molecule has 0 fully saturated rings. The van der Waals surface area contributed by atoms with Gasteiger partial charge in [0.15, 0.2) is 0 Å². The van der Waals surface area contributed by atoms with Gasteiger partial charge in [-0.15, -0.1) is 0 Å². The molecule has 5 nitrogen and oxygen atoms in total. The number of carbonyl (C=O) groups excluding carboxylic acids is 2. The molecule has 0 saturated heterocycles. The molecule has 22 heavy (non-hydrogen) atoms. The lowest BCUT2D eigenvalue weighted by atomic mass is 10.0. The molecule has 2 aromatic carbocycles. The second-order valence-electron chi connectivity index (χ2n) is 4.90. The number of likely N-dealkylation sites (N-methyl/N-ethyl adjacent to an activating group) is 1. The topological polar surface area (TPSA) is 84.2 Å². The quantitative estimate of drug-likeness (QED) is 0.730. The van der Waals surface area contributed by atoms with Crippen LogP contribution in [0.3, 0.4) is 0 Å². The molecule has 114 valence electrons. The highest BCUT2D eigenvalue weighted by atomic mass is 16.2. The third-order valence-electron chi connectivity index (χ3n) is 3.35. The first-order valence-electron chi connectivity index (χ1n) is 7.01. The van der Waals surface area contributed by atoms with E-state index < -0.39 is 6.04 Å². The van der Waals surface area contributed by atoms with E-state index in [4.69, 9.17) is 5.73 Å². The van der Waals surface area contributed by atoms with Crippen molar-refractivity contribution in [3.8, 4) is 0 Å². The Kier molecular flexibility index (Phi) is 5.14. The molecule has 0 aliphatic carbocycles. The van der Waals surface area contributed by atoms with E-state index in [0.29, 0.717) is 5.69 Å². The van der Waals surface area contributed by atoms with Gasteiger partial charge in [-0.05, 0) is 17.2 Å². The minimum Gasteiger partial charge on any atom is -0.398 e. The summed E-state index contributed by atoms with van der Waals surface area (Å²) in [7, 11) is 1.54. The van der Waals surface area contributed by atoms with Crippen LogP contribution >= 0.6 is 0 Å². The molecule has 0 spiro atoms. The van der Waals surface area contributed by atoms with Crippen LogP contribution in [0.1, 0.15) is 17.2 Å². The van der Waals surface area contributed by atoms with E-state index in [2.05, 4.69) is 10.6 Å². The molecule has 0 radical (unpaired) electrons. The fourth-order valence-corrected chi connectivity index (χ4v) is 2.17. The molecule has 1 atom stereocenters. The lowest BCUT2D eigenvalue weighted by Crippen LogP contribution is -2.39. The van der Waals surface area contributed by atoms with Gasteiger partial charge in [0.05, 0.1) is 6.42 Å². The Morgan fingerprint density at radius 3 is 2.32 bits per heavy atom. The van der Waals surface area contributed by atoms with E-state index in [0.717, 1.165) is 11.1 Å². The molecular weight excluding hydrogens is 278 g/mol. The van der Waals surface area contributed by atoms with E-state index >= 15 is 0 Å². The van der Waals surface area contributed by atoms with Gasteiger partial charge >= 0.3 is 0 Å². The third-order valence-corrected chi connectivity index (χ3v) is 3.35. The molecule has 0 aromatic heterocycles. The minimum absolute atomic E-state index is 0.132. The maximum atomic E-state index is 12.2. The highest BCUT2D eigenvalue weighted by Crippen LogP contribution is 2.15. The van der Waals surface area contributed by atoms with Crippen LogP contribution in [0.4, 0.5) is 5.69 Å². The highest BCUT2D eigenvalue weighted by molar-refractivity contribution is 5.89. The first-order chi connectivity index (χ1) is 10.6. The molecule has 4 N–H and O–H groups in total. The zero-order chi connectivity index (χ0) is 15.9. The normalized spacial score (nSPS) is 11.5. The maximum absolute atomic E-state index is 12.2. The molecule has 5 heteroatoms. The van der Waals surface area contributed by atoms with Crippen LogP contribution in [-0.4, -0.2) is 18.9 Å². The van der Waals surface area contributed by atoms with Crippen molar-refractivity contribution in [1.82, 2.24) is 10.6 Å². The van der Waals surface area contributed by atoms with Crippen molar-refractivity contribution in [3.63, 3.8) is 0 Å². The fourth-order valence-electron chi connectivity index (χ4n) is 2.17. The van der Waals surface area contributed by atoms with Gasteiger partial charge in [-0.3, -0.25) is 9.59 Å². The predicted octanol–water partition coefficient (Wildman–Crippen LogP) is 1.41. The second-order valence-corrected chi connectivity index (χ2v) is 4.90. The van der Waals surface area contributed by atoms with Gasteiger partial charge in [-0.2, -0.15) is 0 Å². The largest absolute Gasteiger partial charge is 0.398 e. The lowest BCUT2D eigenvalue weighted by Gasteiger charge is -2.18. The summed E-state index contributed by atoms with van der Waals surface area (Å²) in [6, 6.07) is 15.6. The molecule has 2 amide bonds. The summed E-state index contributed by atoms with van der Waals surface area (Å²) in [6.45, 7) is 0. The first kappa shape index (κ1) is 15.6. The van der Waals surface area contributed by atoms with Crippen molar-refractivity contribution in [2.75, 3.05) is 12.8 Å². The number of amides is 2. The summed E-state index contributed by atoms with van der Waals surface area (Å²) in [5.41, 5.74) is 7.87. The molecule has 0 aliphatic heterocycles. The number of nitrogens with two attached hydrogens (primary N) is 1. The van der Waals surface area contributed by atoms with E-state index in [1.165, 1.54) is 0 Å². The summed E-state index contributed by atoms with van der Waals surface area (Å²) in [5.74, 6) is -0.518. The van der Waals surface area contributed by atoms with E-state index in [9.17, 15) is 9.59 Å². The Bertz CT molecular complexity index is 656. The number of benzene rings is 2. The zero-order valence-corrected chi connectivity index (χ0v) is 12.4. The number of anilines is 1. The van der Waals surface area contributed by atoms with Gasteiger partial charge in [-0.1, -0.05) is 48.5 Å². The Balaban J connectivity index is 2.12. The van der Waals surface area contributed by atoms with Gasteiger partial charge in [0.2, 0.25) is 11.8 Å². The lowest BCUT2D eigenvalue weighted by molar-refractivity contribution is -0.128. The molecule has 0 aliphatic rings. The number of hydrogen-bond donors (Lipinski definition) is 3. The SMILES string of the molecule is CNC(=O)C(NC(=O)Cc1ccccc1N)c1ccccc1. The number of rotatable bonds is 5. The first-order valence-corrected chi connectivity index (χ1v) is 7.01. The molecule has 2 rings (SSSR count). The van der Waals surface area contributed by atoms with Gasteiger partial charge in [0, 0.05) is 12.7 Å². The van der Waals surface area contributed by atoms with Crippen molar-refractivity contribution in [2.24, 2.45) is 0 Å². The number of nitrogen functional groups attached to an aromatic ring is 1. The van der Waals surface area contributed by atoms with Crippen LogP contribution in [-0.2, 0) is 16.0 Å². The van der Waals surface area contributed by atoms with Gasteiger partial charge in [0.25, 0.3) is 0 Å². The van der Waals surface area contributed by atoms with Crippen molar-refractivity contribution in [2.45, 2.75) is 12.5 Å². The monoisotopic (exact) mass is 297 g/mol. The van der Waals surface area contributed by atoms with E-state index in [1.54, 1.807) is 31.3 Å². The van der Waals surface area contributed by atoms with Gasteiger partial charge < -0.3 is 16.4 Å². The highest BCUT2D eigenvalue weighted by Gasteiger charge is 2.21. The molecule has 0 saturated carbocycles. The average Bonchev–Trinajstić information content (AvgIpc) is 2.55. The summed E-state index contributed by atoms with van der Waals surface area (Å²) >= 11 is 0. The van der Waals surface area contributed by atoms with E-state index in [1.807, 2.05) is 30.3 Å². The van der Waals surface area contributed by atoms with Crippen molar-refractivity contribution in [3.05, 3.63) is 65.7 Å². The fraction of sp³-hybridized carbons (Fsp3) is 0.176. The van der Waals surface area contributed by atoms with Crippen molar-refractivity contribution in [1.29, 1.82) is 0 Å². The maximum Gasteiger partial charge on any atom is 0.246 e. The van der Waals surface area contributed by atoms with Crippen molar-refractivity contribution < 1.29 is 9.59 Å². The number of nitrogens with one attached hydrogen (secondary N) is 2. The van der Waals surface area contributed by atoms with Crippen LogP contribution in [0.25, 0.3) is 0 Å². The number of hydrogen-bond acceptors (Lipinski definition) is 3. The Morgan fingerprint density at radius 1 is 1.05 bits per heavy atom. The van der Waals surface area contributed by atoms with Crippen LogP contribution in [0.2, 0.25) is 0 Å². The minimum atomic E-state index is -0.719. The second kappa shape index (κ2) is 7.26. The standard InChI is InChI=1S/C17H19N3O2/c1-19-17(22)16(12-7-3-2-4-8-12)20-15(21)11-13-9-5-6-10-14(13)18/h2-10,16H,11,18H2,1H3,(H,19,22)(H,20,21). The predicted molar refractivity (Wildman–Crippen MR) is 86.0 cm³/mol.